The number of rotatable bonds is 4. The van der Waals surface area contributed by atoms with E-state index in [-0.39, 0.29) is 40.2 Å². The lowest BCUT2D eigenvalue weighted by Crippen LogP contribution is -2.42. The number of aromatic amines is 1. The number of hydrogen-bond acceptors (Lipinski definition) is 7. The number of anilines is 1. The van der Waals surface area contributed by atoms with Gasteiger partial charge in [0, 0.05) is 7.11 Å². The summed E-state index contributed by atoms with van der Waals surface area (Å²) >= 11 is 0. The van der Waals surface area contributed by atoms with Crippen molar-refractivity contribution in [3.63, 3.8) is 0 Å². The van der Waals surface area contributed by atoms with Gasteiger partial charge in [-0.1, -0.05) is 20.8 Å². The zero-order valence-corrected chi connectivity index (χ0v) is 17.6. The van der Waals surface area contributed by atoms with Gasteiger partial charge in [0.15, 0.2) is 17.4 Å². The molecule has 0 spiro atoms. The van der Waals surface area contributed by atoms with E-state index in [1.54, 1.807) is 11.7 Å². The SMILES string of the molecule is CO[C@H]1C(OC(C)(C)C)[C@@H](CC(C)(C)C)O[C@H]1n1cnc2c(=O)[nH]c(N)nc21. The zero-order chi connectivity index (χ0) is 20.9. The number of fused-ring (bicyclic) bond motifs is 1. The van der Waals surface area contributed by atoms with Crippen molar-refractivity contribution in [1.82, 2.24) is 19.5 Å². The molecule has 0 bridgehead atoms. The normalized spacial score (nSPS) is 26.2. The third kappa shape index (κ3) is 4.21. The van der Waals surface area contributed by atoms with E-state index in [2.05, 4.69) is 35.7 Å². The predicted molar refractivity (Wildman–Crippen MR) is 106 cm³/mol. The standard InChI is InChI=1S/C19H31N5O4/c1-18(2,3)8-10-12(28-19(4,5)6)13(26-7)16(27-10)24-9-21-11-14(24)22-17(20)23-15(11)25/h9-10,12-13,16H,8H2,1-7H3,(H3,20,22,23,25)/t10-,12?,13+,16-/m1/s1. The molecule has 3 rings (SSSR count). The molecule has 2 aromatic rings. The summed E-state index contributed by atoms with van der Waals surface area (Å²) in [4.78, 5) is 23.0. The molecule has 28 heavy (non-hydrogen) atoms. The highest BCUT2D eigenvalue weighted by Gasteiger charge is 2.49. The first-order chi connectivity index (χ1) is 12.9. The van der Waals surface area contributed by atoms with Crippen molar-refractivity contribution in [1.29, 1.82) is 0 Å². The number of methoxy groups -OCH3 is 1. The molecule has 3 N–H and O–H groups in total. The van der Waals surface area contributed by atoms with Crippen LogP contribution in [0.25, 0.3) is 11.2 Å². The molecule has 0 aliphatic carbocycles. The minimum absolute atomic E-state index is 0.0277. The number of nitrogen functional groups attached to an aromatic ring is 1. The van der Waals surface area contributed by atoms with Gasteiger partial charge in [-0.2, -0.15) is 4.98 Å². The van der Waals surface area contributed by atoms with Gasteiger partial charge in [-0.25, -0.2) is 4.98 Å². The van der Waals surface area contributed by atoms with Gasteiger partial charge in [0.25, 0.3) is 5.56 Å². The van der Waals surface area contributed by atoms with E-state index in [1.165, 1.54) is 6.33 Å². The van der Waals surface area contributed by atoms with Crippen LogP contribution in [0.1, 0.15) is 54.2 Å². The van der Waals surface area contributed by atoms with Crippen LogP contribution in [0.4, 0.5) is 5.95 Å². The Balaban J connectivity index is 2.04. The summed E-state index contributed by atoms with van der Waals surface area (Å²) in [6.45, 7) is 12.5. The molecule has 1 saturated heterocycles. The quantitative estimate of drug-likeness (QED) is 0.818. The fourth-order valence-corrected chi connectivity index (χ4v) is 3.63. The molecule has 0 saturated carbocycles. The van der Waals surface area contributed by atoms with Crippen LogP contribution < -0.4 is 11.3 Å². The monoisotopic (exact) mass is 393 g/mol. The summed E-state index contributed by atoms with van der Waals surface area (Å²) in [6.07, 6.45) is 0.912. The lowest BCUT2D eigenvalue weighted by atomic mass is 9.87. The fourth-order valence-electron chi connectivity index (χ4n) is 3.63. The van der Waals surface area contributed by atoms with Gasteiger partial charge < -0.3 is 19.9 Å². The predicted octanol–water partition coefficient (Wildman–Crippen LogP) is 2.23. The molecule has 0 amide bonds. The van der Waals surface area contributed by atoms with E-state index >= 15 is 0 Å². The van der Waals surface area contributed by atoms with Gasteiger partial charge in [0.05, 0.1) is 18.0 Å². The van der Waals surface area contributed by atoms with Crippen LogP contribution in [0.15, 0.2) is 11.1 Å². The summed E-state index contributed by atoms with van der Waals surface area (Å²) in [5, 5.41) is 0. The number of nitrogens with two attached hydrogens (primary N) is 1. The smallest absolute Gasteiger partial charge is 0.280 e. The lowest BCUT2D eigenvalue weighted by molar-refractivity contribution is -0.123. The van der Waals surface area contributed by atoms with Crippen LogP contribution in [0.2, 0.25) is 0 Å². The largest absolute Gasteiger partial charge is 0.374 e. The van der Waals surface area contributed by atoms with Crippen LogP contribution in [-0.4, -0.2) is 50.5 Å². The van der Waals surface area contributed by atoms with E-state index in [4.69, 9.17) is 19.9 Å². The van der Waals surface area contributed by atoms with Gasteiger partial charge in [-0.3, -0.25) is 14.3 Å². The summed E-state index contributed by atoms with van der Waals surface area (Å²) in [7, 11) is 1.63. The molecule has 4 atom stereocenters. The Bertz CT molecular complexity index is 892. The molecule has 1 aliphatic heterocycles. The summed E-state index contributed by atoms with van der Waals surface area (Å²) in [5.41, 5.74) is 5.58. The molecular weight excluding hydrogens is 362 g/mol. The topological polar surface area (TPSA) is 117 Å². The first kappa shape index (κ1) is 20.8. The average molecular weight is 393 g/mol. The number of nitrogens with one attached hydrogen (secondary N) is 1. The molecule has 0 radical (unpaired) electrons. The Morgan fingerprint density at radius 1 is 1.25 bits per heavy atom. The van der Waals surface area contributed by atoms with E-state index in [1.807, 2.05) is 20.8 Å². The second-order valence-electron chi connectivity index (χ2n) is 9.50. The van der Waals surface area contributed by atoms with Crippen molar-refractivity contribution in [3.8, 4) is 0 Å². The summed E-state index contributed by atoms with van der Waals surface area (Å²) in [6, 6.07) is 0. The number of aromatic nitrogens is 4. The van der Waals surface area contributed by atoms with Crippen molar-refractivity contribution in [2.45, 2.75) is 78.1 Å². The maximum atomic E-state index is 12.1. The second kappa shape index (κ2) is 7.13. The molecule has 1 fully saturated rings. The first-order valence-corrected chi connectivity index (χ1v) is 9.48. The molecule has 2 aromatic heterocycles. The fraction of sp³-hybridized carbons (Fsp3) is 0.737. The molecule has 1 aliphatic rings. The zero-order valence-electron chi connectivity index (χ0n) is 17.6. The second-order valence-corrected chi connectivity index (χ2v) is 9.50. The number of imidazole rings is 1. The summed E-state index contributed by atoms with van der Waals surface area (Å²) < 4.78 is 20.3. The maximum absolute atomic E-state index is 12.1. The van der Waals surface area contributed by atoms with Crippen LogP contribution in [-0.2, 0) is 14.2 Å². The van der Waals surface area contributed by atoms with Crippen LogP contribution in [0.3, 0.4) is 0 Å². The Hall–Kier alpha value is -1.97. The molecule has 3 heterocycles. The number of ether oxygens (including phenoxy) is 3. The van der Waals surface area contributed by atoms with Crippen LogP contribution in [0, 0.1) is 5.41 Å². The van der Waals surface area contributed by atoms with Crippen molar-refractivity contribution in [2.24, 2.45) is 5.41 Å². The Kier molecular flexibility index (Phi) is 5.28. The van der Waals surface area contributed by atoms with Crippen molar-refractivity contribution in [2.75, 3.05) is 12.8 Å². The van der Waals surface area contributed by atoms with Crippen molar-refractivity contribution >= 4 is 17.1 Å². The Morgan fingerprint density at radius 2 is 1.93 bits per heavy atom. The molecule has 156 valence electrons. The first-order valence-electron chi connectivity index (χ1n) is 9.48. The highest BCUT2D eigenvalue weighted by Crippen LogP contribution is 2.40. The van der Waals surface area contributed by atoms with E-state index in [0.29, 0.717) is 5.65 Å². The van der Waals surface area contributed by atoms with Crippen LogP contribution >= 0.6 is 0 Å². The van der Waals surface area contributed by atoms with E-state index < -0.39 is 12.3 Å². The third-order valence-electron chi connectivity index (χ3n) is 4.59. The van der Waals surface area contributed by atoms with Crippen molar-refractivity contribution in [3.05, 3.63) is 16.7 Å². The molecule has 1 unspecified atom stereocenters. The third-order valence-corrected chi connectivity index (χ3v) is 4.59. The molecule has 0 aromatic carbocycles. The highest BCUT2D eigenvalue weighted by atomic mass is 16.6. The van der Waals surface area contributed by atoms with Gasteiger partial charge in [-0.15, -0.1) is 0 Å². The number of hydrogen-bond donors (Lipinski definition) is 2. The number of H-pyrrole nitrogens is 1. The van der Waals surface area contributed by atoms with Crippen LogP contribution in [0.5, 0.6) is 0 Å². The average Bonchev–Trinajstić information content (AvgIpc) is 3.06. The van der Waals surface area contributed by atoms with Gasteiger partial charge in [0.1, 0.15) is 12.2 Å². The minimum atomic E-state index is -0.539. The Morgan fingerprint density at radius 3 is 2.50 bits per heavy atom. The Labute approximate surface area is 164 Å². The van der Waals surface area contributed by atoms with Crippen molar-refractivity contribution < 1.29 is 14.2 Å². The van der Waals surface area contributed by atoms with E-state index in [0.717, 1.165) is 6.42 Å². The lowest BCUT2D eigenvalue weighted by Gasteiger charge is -2.32. The molecule has 9 nitrogen and oxygen atoms in total. The minimum Gasteiger partial charge on any atom is -0.374 e. The molecular formula is C19H31N5O4. The maximum Gasteiger partial charge on any atom is 0.280 e. The molecule has 9 heteroatoms. The van der Waals surface area contributed by atoms with E-state index in [9.17, 15) is 4.79 Å². The van der Waals surface area contributed by atoms with Gasteiger partial charge in [-0.05, 0) is 32.6 Å². The number of nitrogens with zero attached hydrogens (tertiary/aromatic N) is 3. The highest BCUT2D eigenvalue weighted by molar-refractivity contribution is 5.70. The van der Waals surface area contributed by atoms with Gasteiger partial charge in [0.2, 0.25) is 5.95 Å². The summed E-state index contributed by atoms with van der Waals surface area (Å²) in [5.74, 6) is 0.0277. The van der Waals surface area contributed by atoms with Gasteiger partial charge >= 0.3 is 0 Å².